The molecule has 0 spiro atoms. The number of aliphatic carboxylic acids is 1. The van der Waals surface area contributed by atoms with Crippen molar-refractivity contribution in [1.29, 1.82) is 0 Å². The number of benzene rings is 1. The average Bonchev–Trinajstić information content (AvgIpc) is 2.18. The van der Waals surface area contributed by atoms with Gasteiger partial charge < -0.3 is 20.6 Å². The maximum Gasteiger partial charge on any atom is 0.320 e. The summed E-state index contributed by atoms with van der Waals surface area (Å²) < 4.78 is 0. The van der Waals surface area contributed by atoms with Gasteiger partial charge in [0.15, 0.2) is 0 Å². The van der Waals surface area contributed by atoms with Crippen LogP contribution in [0.15, 0.2) is 30.3 Å². The normalized spacial score (nSPS) is 11.6. The van der Waals surface area contributed by atoms with Crippen LogP contribution in [-0.2, 0) is 11.2 Å². The predicted octanol–water partition coefficient (Wildman–Crippen LogP) is -0.202. The molecule has 7 N–H and O–H groups in total. The minimum Gasteiger partial charge on any atom is -0.480 e. The summed E-state index contributed by atoms with van der Waals surface area (Å²) in [5, 5.41) is 8.52. The summed E-state index contributed by atoms with van der Waals surface area (Å²) in [7, 11) is -2.12. The molecule has 90 valence electrons. The van der Waals surface area contributed by atoms with Crippen LogP contribution in [0.2, 0.25) is 0 Å². The van der Waals surface area contributed by atoms with E-state index in [4.69, 9.17) is 20.6 Å². The molecule has 0 aliphatic heterocycles. The summed E-state index contributed by atoms with van der Waals surface area (Å²) >= 11 is 0. The zero-order chi connectivity index (χ0) is 12.6. The highest BCUT2D eigenvalue weighted by atomic mass is 31.2. The zero-order valence-electron chi connectivity index (χ0n) is 8.52. The zero-order valence-corrected chi connectivity index (χ0v) is 9.42. The topological polar surface area (TPSA) is 130 Å². The summed E-state index contributed by atoms with van der Waals surface area (Å²) in [6.07, 6.45) is 0.385. The van der Waals surface area contributed by atoms with Gasteiger partial charge in [0.25, 0.3) is 0 Å². The molecule has 0 unspecified atom stereocenters. The largest absolute Gasteiger partial charge is 0.480 e. The Balaban J connectivity index is 0.000000487. The van der Waals surface area contributed by atoms with Crippen LogP contribution in [0.25, 0.3) is 0 Å². The third-order valence-electron chi connectivity index (χ3n) is 1.62. The van der Waals surface area contributed by atoms with Crippen LogP contribution in [0.3, 0.4) is 0 Å². The van der Waals surface area contributed by atoms with Crippen molar-refractivity contribution in [2.75, 3.05) is 0 Å². The molecule has 0 saturated heterocycles. The molecule has 1 aromatic rings. The van der Waals surface area contributed by atoms with Crippen molar-refractivity contribution in [1.82, 2.24) is 0 Å². The van der Waals surface area contributed by atoms with E-state index in [-0.39, 0.29) is 0 Å². The fourth-order valence-electron chi connectivity index (χ4n) is 0.955. The molecule has 16 heavy (non-hydrogen) atoms. The van der Waals surface area contributed by atoms with E-state index in [9.17, 15) is 4.79 Å². The van der Waals surface area contributed by atoms with Gasteiger partial charge >= 0.3 is 5.97 Å². The molecule has 0 heterocycles. The molecule has 0 fully saturated rings. The van der Waals surface area contributed by atoms with Gasteiger partial charge in [-0.2, -0.15) is 0 Å². The molecule has 6 nitrogen and oxygen atoms in total. The smallest absolute Gasteiger partial charge is 0.320 e. The second-order valence-corrected chi connectivity index (χ2v) is 3.60. The molecule has 0 saturated carbocycles. The van der Waals surface area contributed by atoms with E-state index >= 15 is 0 Å². The first-order valence-corrected chi connectivity index (χ1v) is 5.70. The van der Waals surface area contributed by atoms with Crippen molar-refractivity contribution in [3.8, 4) is 0 Å². The van der Waals surface area contributed by atoms with Crippen molar-refractivity contribution < 1.29 is 19.7 Å². The molecule has 0 bridgehead atoms. The van der Waals surface area contributed by atoms with Gasteiger partial charge in [-0.15, -0.1) is 0 Å². The first-order valence-electron chi connectivity index (χ1n) is 4.38. The summed E-state index contributed by atoms with van der Waals surface area (Å²) in [6, 6.07) is 8.54. The minimum absolute atomic E-state index is 0.385. The molecular weight excluding hydrogens is 231 g/mol. The number of carboxylic acids is 1. The van der Waals surface area contributed by atoms with Gasteiger partial charge in [-0.1, -0.05) is 30.3 Å². The predicted molar refractivity (Wildman–Crippen MR) is 61.3 cm³/mol. The van der Waals surface area contributed by atoms with Gasteiger partial charge in [0, 0.05) is 0 Å². The lowest BCUT2D eigenvalue weighted by molar-refractivity contribution is -0.138. The summed E-state index contributed by atoms with van der Waals surface area (Å²) in [6.45, 7) is 0. The van der Waals surface area contributed by atoms with Gasteiger partial charge in [0.2, 0.25) is 8.53 Å². The van der Waals surface area contributed by atoms with Crippen LogP contribution in [0.4, 0.5) is 0 Å². The van der Waals surface area contributed by atoms with Crippen LogP contribution in [0.1, 0.15) is 5.56 Å². The van der Waals surface area contributed by atoms with Crippen LogP contribution >= 0.6 is 8.53 Å². The molecule has 1 aromatic carbocycles. The maximum atomic E-state index is 10.4. The van der Waals surface area contributed by atoms with Gasteiger partial charge in [-0.25, -0.2) is 0 Å². The monoisotopic (exact) mass is 246 g/mol. The Labute approximate surface area is 94.5 Å². The van der Waals surface area contributed by atoms with E-state index < -0.39 is 20.5 Å². The Morgan fingerprint density at radius 3 is 2.12 bits per heavy atom. The number of rotatable bonds is 3. The fraction of sp³-hybridized carbons (Fsp3) is 0.222. The molecule has 1 rings (SSSR count). The highest BCUT2D eigenvalue weighted by Gasteiger charge is 2.10. The van der Waals surface area contributed by atoms with E-state index in [1.165, 1.54) is 0 Å². The Hall–Kier alpha value is -1.04. The van der Waals surface area contributed by atoms with E-state index in [0.29, 0.717) is 6.42 Å². The first-order chi connectivity index (χ1) is 7.43. The molecule has 7 heteroatoms. The van der Waals surface area contributed by atoms with Crippen LogP contribution < -0.4 is 11.2 Å². The fourth-order valence-corrected chi connectivity index (χ4v) is 0.955. The van der Waals surface area contributed by atoms with Gasteiger partial charge in [0.1, 0.15) is 6.04 Å². The van der Waals surface area contributed by atoms with Gasteiger partial charge in [-0.3, -0.25) is 10.3 Å². The van der Waals surface area contributed by atoms with Crippen LogP contribution in [0, 0.1) is 0 Å². The lowest BCUT2D eigenvalue weighted by Gasteiger charge is -2.04. The SMILES string of the molecule is NP(O)O.N[C@@H](Cc1ccccc1)C(=O)O. The Bertz CT molecular complexity index is 305. The van der Waals surface area contributed by atoms with Crippen molar-refractivity contribution in [3.63, 3.8) is 0 Å². The Morgan fingerprint density at radius 1 is 1.31 bits per heavy atom. The van der Waals surface area contributed by atoms with Crippen LogP contribution in [0.5, 0.6) is 0 Å². The van der Waals surface area contributed by atoms with E-state index in [1.54, 1.807) is 0 Å². The first kappa shape index (κ1) is 15.0. The van der Waals surface area contributed by atoms with E-state index in [2.05, 4.69) is 5.50 Å². The maximum absolute atomic E-state index is 10.4. The average molecular weight is 246 g/mol. The number of nitrogens with two attached hydrogens (primary N) is 2. The van der Waals surface area contributed by atoms with Crippen molar-refractivity contribution in [2.24, 2.45) is 11.2 Å². The Kier molecular flexibility index (Phi) is 7.62. The lowest BCUT2D eigenvalue weighted by Crippen LogP contribution is -2.32. The highest BCUT2D eigenvalue weighted by molar-refractivity contribution is 7.42. The summed E-state index contributed by atoms with van der Waals surface area (Å²) in [5.41, 5.74) is 10.6. The molecule has 0 amide bonds. The number of carbonyl (C=O) groups is 1. The molecule has 0 aromatic heterocycles. The van der Waals surface area contributed by atoms with Crippen molar-refractivity contribution in [3.05, 3.63) is 35.9 Å². The number of carboxylic acid groups (broad SMARTS) is 1. The Morgan fingerprint density at radius 2 is 1.75 bits per heavy atom. The van der Waals surface area contributed by atoms with Crippen molar-refractivity contribution >= 4 is 14.5 Å². The molecule has 0 aliphatic carbocycles. The van der Waals surface area contributed by atoms with Gasteiger partial charge in [0.05, 0.1) is 0 Å². The quantitative estimate of drug-likeness (QED) is 0.469. The third kappa shape index (κ3) is 8.28. The standard InChI is InChI=1S/C9H11NO2.H4NO2P/c10-8(9(11)12)6-7-4-2-1-3-5-7;1-4(2)3/h1-5,8H,6,10H2,(H,11,12);2-3H,1H2/t8-;/m0./s1. The van der Waals surface area contributed by atoms with Crippen molar-refractivity contribution in [2.45, 2.75) is 12.5 Å². The summed E-state index contributed by atoms with van der Waals surface area (Å²) in [4.78, 5) is 25.3. The van der Waals surface area contributed by atoms with Gasteiger partial charge in [-0.05, 0) is 12.0 Å². The summed E-state index contributed by atoms with van der Waals surface area (Å²) in [5.74, 6) is -0.959. The lowest BCUT2D eigenvalue weighted by atomic mass is 10.1. The third-order valence-corrected chi connectivity index (χ3v) is 1.62. The molecular formula is C9H15N2O4P. The molecule has 0 aliphatic rings. The second kappa shape index (κ2) is 8.15. The highest BCUT2D eigenvalue weighted by Crippen LogP contribution is 2.05. The van der Waals surface area contributed by atoms with E-state index in [0.717, 1.165) is 5.56 Å². The van der Waals surface area contributed by atoms with Crippen LogP contribution in [-0.4, -0.2) is 26.9 Å². The minimum atomic E-state index is -2.12. The second-order valence-electron chi connectivity index (χ2n) is 2.95. The molecule has 0 radical (unpaired) electrons. The van der Waals surface area contributed by atoms with E-state index in [1.807, 2.05) is 30.3 Å². The number of hydrogen-bond acceptors (Lipinski definition) is 5. The number of hydrogen-bond donors (Lipinski definition) is 5. The molecule has 1 atom stereocenters.